The molecule has 0 aliphatic carbocycles. The van der Waals surface area contributed by atoms with E-state index < -0.39 is 0 Å². The van der Waals surface area contributed by atoms with Crippen LogP contribution in [-0.4, -0.2) is 9.38 Å². The third-order valence-corrected chi connectivity index (χ3v) is 3.92. The van der Waals surface area contributed by atoms with Gasteiger partial charge in [0.15, 0.2) is 0 Å². The molecule has 20 heavy (non-hydrogen) atoms. The second-order valence-electron chi connectivity index (χ2n) is 4.30. The van der Waals surface area contributed by atoms with Crippen LogP contribution in [0.25, 0.3) is 5.65 Å². The largest absolute Gasteiger partial charge is 0.377 e. The van der Waals surface area contributed by atoms with Crippen LogP contribution < -0.4 is 5.32 Å². The predicted octanol–water partition coefficient (Wildman–Crippen LogP) is 5.02. The maximum atomic E-state index is 6.18. The number of benzene rings is 1. The SMILES string of the molecule is Clc1cc(Br)cc(Cl)c1NCc1cn2ccccc2n1. The van der Waals surface area contributed by atoms with Crippen molar-refractivity contribution in [3.63, 3.8) is 0 Å². The molecule has 3 rings (SSSR count). The van der Waals surface area contributed by atoms with Gasteiger partial charge < -0.3 is 9.72 Å². The molecule has 0 saturated carbocycles. The minimum absolute atomic E-state index is 0.558. The van der Waals surface area contributed by atoms with Gasteiger partial charge in [0.1, 0.15) is 5.65 Å². The quantitative estimate of drug-likeness (QED) is 0.701. The Balaban J connectivity index is 1.83. The van der Waals surface area contributed by atoms with Crippen molar-refractivity contribution in [1.82, 2.24) is 9.38 Å². The zero-order valence-corrected chi connectivity index (χ0v) is 13.4. The Morgan fingerprint density at radius 1 is 1.20 bits per heavy atom. The van der Waals surface area contributed by atoms with Crippen LogP contribution in [0, 0.1) is 0 Å². The summed E-state index contributed by atoms with van der Waals surface area (Å²) in [4.78, 5) is 4.51. The number of nitrogens with zero attached hydrogens (tertiary/aromatic N) is 2. The van der Waals surface area contributed by atoms with Gasteiger partial charge in [-0.1, -0.05) is 45.2 Å². The second-order valence-corrected chi connectivity index (χ2v) is 6.03. The van der Waals surface area contributed by atoms with Crippen LogP contribution in [0.15, 0.2) is 47.2 Å². The van der Waals surface area contributed by atoms with Crippen molar-refractivity contribution in [2.75, 3.05) is 5.32 Å². The van der Waals surface area contributed by atoms with Crippen molar-refractivity contribution in [2.45, 2.75) is 6.54 Å². The molecule has 3 nitrogen and oxygen atoms in total. The predicted molar refractivity (Wildman–Crippen MR) is 86.7 cm³/mol. The molecule has 2 heterocycles. The van der Waals surface area contributed by atoms with Crippen molar-refractivity contribution < 1.29 is 0 Å². The Morgan fingerprint density at radius 3 is 2.65 bits per heavy atom. The van der Waals surface area contributed by atoms with Gasteiger partial charge in [-0.2, -0.15) is 0 Å². The molecule has 0 bridgehead atoms. The van der Waals surface area contributed by atoms with Crippen molar-refractivity contribution in [3.8, 4) is 0 Å². The average Bonchev–Trinajstić information content (AvgIpc) is 2.80. The van der Waals surface area contributed by atoms with Crippen molar-refractivity contribution in [2.24, 2.45) is 0 Å². The molecule has 0 atom stereocenters. The monoisotopic (exact) mass is 369 g/mol. The van der Waals surface area contributed by atoms with Crippen LogP contribution in [-0.2, 0) is 6.54 Å². The molecule has 0 aliphatic rings. The molecule has 0 fully saturated rings. The molecular weight excluding hydrogens is 361 g/mol. The summed E-state index contributed by atoms with van der Waals surface area (Å²) < 4.78 is 2.83. The fraction of sp³-hybridized carbons (Fsp3) is 0.0714. The zero-order chi connectivity index (χ0) is 14.1. The summed E-state index contributed by atoms with van der Waals surface area (Å²) in [5, 5.41) is 4.38. The van der Waals surface area contributed by atoms with Gasteiger partial charge in [0, 0.05) is 16.9 Å². The van der Waals surface area contributed by atoms with E-state index >= 15 is 0 Å². The lowest BCUT2D eigenvalue weighted by Crippen LogP contribution is -2.01. The van der Waals surface area contributed by atoms with Crippen LogP contribution in [0.1, 0.15) is 5.69 Å². The van der Waals surface area contributed by atoms with E-state index in [-0.39, 0.29) is 0 Å². The number of anilines is 1. The first-order valence-corrected chi connectivity index (χ1v) is 7.49. The highest BCUT2D eigenvalue weighted by Crippen LogP contribution is 2.34. The first kappa shape index (κ1) is 13.7. The smallest absolute Gasteiger partial charge is 0.137 e. The second kappa shape index (κ2) is 5.64. The van der Waals surface area contributed by atoms with E-state index in [0.717, 1.165) is 15.8 Å². The normalized spacial score (nSPS) is 10.9. The minimum Gasteiger partial charge on any atom is -0.377 e. The Labute approximate surface area is 134 Å². The van der Waals surface area contributed by atoms with E-state index in [2.05, 4.69) is 26.2 Å². The topological polar surface area (TPSA) is 29.3 Å². The van der Waals surface area contributed by atoms with Crippen molar-refractivity contribution in [3.05, 3.63) is 62.9 Å². The molecule has 2 aromatic heterocycles. The van der Waals surface area contributed by atoms with Gasteiger partial charge in [0.25, 0.3) is 0 Å². The summed E-state index contributed by atoms with van der Waals surface area (Å²) in [6.45, 7) is 0.558. The first-order valence-electron chi connectivity index (χ1n) is 5.94. The Hall–Kier alpha value is -1.23. The van der Waals surface area contributed by atoms with E-state index in [9.17, 15) is 0 Å². The number of hydrogen-bond acceptors (Lipinski definition) is 2. The van der Waals surface area contributed by atoms with Gasteiger partial charge in [-0.3, -0.25) is 0 Å². The molecule has 3 aromatic rings. The lowest BCUT2D eigenvalue weighted by atomic mass is 10.3. The molecule has 6 heteroatoms. The summed E-state index contributed by atoms with van der Waals surface area (Å²) in [7, 11) is 0. The number of nitrogens with one attached hydrogen (secondary N) is 1. The van der Waals surface area contributed by atoms with Crippen molar-refractivity contribution in [1.29, 1.82) is 0 Å². The van der Waals surface area contributed by atoms with Gasteiger partial charge in [0.05, 0.1) is 28.0 Å². The summed E-state index contributed by atoms with van der Waals surface area (Å²) in [6, 6.07) is 9.50. The maximum absolute atomic E-state index is 6.18. The third-order valence-electron chi connectivity index (χ3n) is 2.87. The standard InChI is InChI=1S/C14H10BrCl2N3/c15-9-5-11(16)14(12(17)6-9)18-7-10-8-20-4-2-1-3-13(20)19-10/h1-6,8,18H,7H2. The van der Waals surface area contributed by atoms with Gasteiger partial charge >= 0.3 is 0 Å². The minimum atomic E-state index is 0.558. The Morgan fingerprint density at radius 2 is 1.95 bits per heavy atom. The zero-order valence-electron chi connectivity index (χ0n) is 10.3. The van der Waals surface area contributed by atoms with Crippen LogP contribution >= 0.6 is 39.1 Å². The molecule has 0 amide bonds. The number of rotatable bonds is 3. The number of imidazole rings is 1. The molecule has 0 aliphatic heterocycles. The van der Waals surface area contributed by atoms with E-state index in [4.69, 9.17) is 23.2 Å². The first-order chi connectivity index (χ1) is 9.63. The fourth-order valence-electron chi connectivity index (χ4n) is 1.96. The van der Waals surface area contributed by atoms with E-state index in [1.165, 1.54) is 0 Å². The summed E-state index contributed by atoms with van der Waals surface area (Å²) in [6.07, 6.45) is 3.94. The number of aromatic nitrogens is 2. The van der Waals surface area contributed by atoms with Gasteiger partial charge in [-0.05, 0) is 24.3 Å². The van der Waals surface area contributed by atoms with Crippen LogP contribution in [0.5, 0.6) is 0 Å². The lowest BCUT2D eigenvalue weighted by molar-refractivity contribution is 1.08. The number of pyridine rings is 1. The Kier molecular flexibility index (Phi) is 3.87. The molecule has 0 spiro atoms. The number of hydrogen-bond donors (Lipinski definition) is 1. The third kappa shape index (κ3) is 2.77. The lowest BCUT2D eigenvalue weighted by Gasteiger charge is -2.09. The summed E-state index contributed by atoms with van der Waals surface area (Å²) in [5.74, 6) is 0. The fourth-order valence-corrected chi connectivity index (χ4v) is 3.30. The number of fused-ring (bicyclic) bond motifs is 1. The van der Waals surface area contributed by atoms with Crippen LogP contribution in [0.3, 0.4) is 0 Å². The molecule has 0 saturated heterocycles. The molecule has 1 N–H and O–H groups in total. The molecule has 0 unspecified atom stereocenters. The number of halogens is 3. The maximum Gasteiger partial charge on any atom is 0.137 e. The van der Waals surface area contributed by atoms with Gasteiger partial charge in [-0.25, -0.2) is 4.98 Å². The molecule has 102 valence electrons. The van der Waals surface area contributed by atoms with Crippen LogP contribution in [0.4, 0.5) is 5.69 Å². The molecule has 1 aromatic carbocycles. The van der Waals surface area contributed by atoms with E-state index in [1.54, 1.807) is 12.1 Å². The van der Waals surface area contributed by atoms with E-state index in [1.807, 2.05) is 35.0 Å². The molecular formula is C14H10BrCl2N3. The highest BCUT2D eigenvalue weighted by atomic mass is 79.9. The average molecular weight is 371 g/mol. The van der Waals surface area contributed by atoms with Crippen molar-refractivity contribution >= 4 is 50.5 Å². The highest BCUT2D eigenvalue weighted by Gasteiger charge is 2.08. The summed E-state index contributed by atoms with van der Waals surface area (Å²) >= 11 is 15.7. The van der Waals surface area contributed by atoms with Gasteiger partial charge in [0.2, 0.25) is 0 Å². The Bertz CT molecular complexity index is 714. The van der Waals surface area contributed by atoms with Crippen LogP contribution in [0.2, 0.25) is 10.0 Å². The van der Waals surface area contributed by atoms with Gasteiger partial charge in [-0.15, -0.1) is 0 Å². The van der Waals surface area contributed by atoms with E-state index in [0.29, 0.717) is 22.3 Å². The highest BCUT2D eigenvalue weighted by molar-refractivity contribution is 9.10. The molecule has 0 radical (unpaired) electrons. The summed E-state index contributed by atoms with van der Waals surface area (Å²) in [5.41, 5.74) is 2.55.